The molecule has 1 aromatic carbocycles. The molecule has 4 heterocycles. The summed E-state index contributed by atoms with van der Waals surface area (Å²) in [6.45, 7) is 9.50. The molecule has 5 rings (SSSR count). The molecule has 2 N–H and O–H groups in total. The SMILES string of the molecule is CCOC(=O)C1=C(CN2CCN3C(=S)N(CC(C)(C)C(=O)O)C[C@@H]3C2)NC(c2ncc(F)cc2F)=C[C@H]1c1cccc(F)c1C. The first kappa shape index (κ1) is 32.4. The number of esters is 1. The molecule has 240 valence electrons. The molecular formula is C32H36F3N5O4S. The number of aromatic nitrogens is 1. The lowest BCUT2D eigenvalue weighted by atomic mass is 9.83. The summed E-state index contributed by atoms with van der Waals surface area (Å²) in [5.74, 6) is -4.50. The molecule has 9 nitrogen and oxygen atoms in total. The van der Waals surface area contributed by atoms with Crippen LogP contribution in [0.25, 0.3) is 5.70 Å². The Labute approximate surface area is 265 Å². The maximum Gasteiger partial charge on any atom is 0.336 e. The van der Waals surface area contributed by atoms with Crippen molar-refractivity contribution in [3.63, 3.8) is 0 Å². The van der Waals surface area contributed by atoms with Crippen LogP contribution in [0.2, 0.25) is 0 Å². The lowest BCUT2D eigenvalue weighted by Gasteiger charge is -2.39. The van der Waals surface area contributed by atoms with Gasteiger partial charge in [0.05, 0.1) is 35.5 Å². The number of fused-ring (bicyclic) bond motifs is 1. The minimum absolute atomic E-state index is 0.0152. The van der Waals surface area contributed by atoms with Gasteiger partial charge in [-0.05, 0) is 63.2 Å². The van der Waals surface area contributed by atoms with E-state index >= 15 is 4.39 Å². The Morgan fingerprint density at radius 3 is 2.62 bits per heavy atom. The van der Waals surface area contributed by atoms with Crippen LogP contribution in [0.1, 0.15) is 43.5 Å². The van der Waals surface area contributed by atoms with Crippen molar-refractivity contribution in [1.29, 1.82) is 0 Å². The molecule has 0 aliphatic carbocycles. The second kappa shape index (κ2) is 12.8. The van der Waals surface area contributed by atoms with Gasteiger partial charge < -0.3 is 25.0 Å². The smallest absolute Gasteiger partial charge is 0.336 e. The van der Waals surface area contributed by atoms with E-state index in [2.05, 4.69) is 20.1 Å². The van der Waals surface area contributed by atoms with Crippen LogP contribution in [0.3, 0.4) is 0 Å². The standard InChI is InChI=1S/C32H36F3N5O4S/c1-5-44-29(41)27-22(21-7-6-8-23(34)18(21)2)12-25(28-24(35)11-19(33)13-36-28)37-26(27)16-38-9-10-40-20(14-38)15-39(31(40)45)17-32(3,4)30(42)43/h6-8,11-13,20,22,37H,5,9-10,14-17H2,1-4H3,(H,42,43)/t20-,22-/m0/s1. The molecule has 0 amide bonds. The zero-order chi connectivity index (χ0) is 32.6. The summed E-state index contributed by atoms with van der Waals surface area (Å²) < 4.78 is 49.1. The van der Waals surface area contributed by atoms with Crippen molar-refractivity contribution < 1.29 is 32.6 Å². The highest BCUT2D eigenvalue weighted by atomic mass is 32.1. The Morgan fingerprint density at radius 2 is 1.93 bits per heavy atom. The minimum atomic E-state index is -0.986. The number of carbonyl (C=O) groups excluding carboxylic acids is 1. The monoisotopic (exact) mass is 643 g/mol. The number of allylic oxidation sites excluding steroid dienone is 1. The molecule has 1 aromatic heterocycles. The Balaban J connectivity index is 1.50. The fraction of sp³-hybridized carbons (Fsp3) is 0.438. The third-order valence-corrected chi connectivity index (χ3v) is 9.01. The van der Waals surface area contributed by atoms with Gasteiger partial charge in [0, 0.05) is 56.9 Å². The molecule has 3 aliphatic heterocycles. The second-order valence-electron chi connectivity index (χ2n) is 12.2. The van der Waals surface area contributed by atoms with Gasteiger partial charge >= 0.3 is 11.9 Å². The molecule has 2 atom stereocenters. The molecule has 2 aromatic rings. The lowest BCUT2D eigenvalue weighted by Crippen LogP contribution is -2.53. The Morgan fingerprint density at radius 1 is 1.18 bits per heavy atom. The summed E-state index contributed by atoms with van der Waals surface area (Å²) in [6.07, 6.45) is 2.50. The highest BCUT2D eigenvalue weighted by Crippen LogP contribution is 2.38. The number of hydrogen-bond donors (Lipinski definition) is 2. The third kappa shape index (κ3) is 6.55. The Kier molecular flexibility index (Phi) is 9.22. The summed E-state index contributed by atoms with van der Waals surface area (Å²) >= 11 is 5.71. The zero-order valence-electron chi connectivity index (χ0n) is 25.6. The summed E-state index contributed by atoms with van der Waals surface area (Å²) in [7, 11) is 0. The number of nitrogens with one attached hydrogen (secondary N) is 1. The first-order valence-electron chi connectivity index (χ1n) is 14.8. The topological polar surface area (TPSA) is 98.2 Å². The Hall–Kier alpha value is -3.97. The summed E-state index contributed by atoms with van der Waals surface area (Å²) in [6, 6.07) is 5.30. The molecule has 2 saturated heterocycles. The van der Waals surface area contributed by atoms with Gasteiger partial charge in [0.2, 0.25) is 0 Å². The molecule has 0 unspecified atom stereocenters. The number of piperazine rings is 1. The molecule has 45 heavy (non-hydrogen) atoms. The largest absolute Gasteiger partial charge is 0.481 e. The van der Waals surface area contributed by atoms with E-state index in [1.165, 1.54) is 6.07 Å². The van der Waals surface area contributed by atoms with Gasteiger partial charge in [0.15, 0.2) is 10.9 Å². The highest BCUT2D eigenvalue weighted by molar-refractivity contribution is 7.80. The number of hydrogen-bond acceptors (Lipinski definition) is 7. The van der Waals surface area contributed by atoms with Gasteiger partial charge in [-0.25, -0.2) is 22.9 Å². The number of pyridine rings is 1. The molecule has 0 radical (unpaired) electrons. The molecule has 0 bridgehead atoms. The molecule has 2 fully saturated rings. The highest BCUT2D eigenvalue weighted by Gasteiger charge is 2.42. The minimum Gasteiger partial charge on any atom is -0.481 e. The van der Waals surface area contributed by atoms with Crippen LogP contribution in [-0.4, -0.2) is 93.8 Å². The number of thiocarbonyl (C=S) groups is 1. The van der Waals surface area contributed by atoms with Gasteiger partial charge in [0.25, 0.3) is 0 Å². The van der Waals surface area contributed by atoms with E-state index in [1.54, 1.807) is 45.9 Å². The average Bonchev–Trinajstić information content (AvgIpc) is 3.27. The van der Waals surface area contributed by atoms with Crippen molar-refractivity contribution >= 4 is 35.0 Å². The van der Waals surface area contributed by atoms with Gasteiger partial charge in [0.1, 0.15) is 17.3 Å². The van der Waals surface area contributed by atoms with E-state index in [9.17, 15) is 23.5 Å². The number of benzene rings is 1. The quantitative estimate of drug-likeness (QED) is 0.308. The Bertz CT molecular complexity index is 1600. The van der Waals surface area contributed by atoms with Crippen LogP contribution in [0.15, 0.2) is 47.8 Å². The van der Waals surface area contributed by atoms with E-state index in [-0.39, 0.29) is 42.7 Å². The van der Waals surface area contributed by atoms with Crippen molar-refractivity contribution in [3.05, 3.63) is 82.1 Å². The van der Waals surface area contributed by atoms with Crippen LogP contribution in [0.4, 0.5) is 13.2 Å². The first-order chi connectivity index (χ1) is 21.3. The number of rotatable bonds is 9. The number of carbonyl (C=O) groups is 2. The lowest BCUT2D eigenvalue weighted by molar-refractivity contribution is -0.147. The molecule has 0 spiro atoms. The van der Waals surface area contributed by atoms with Gasteiger partial charge in [-0.15, -0.1) is 0 Å². The average molecular weight is 644 g/mol. The number of nitrogens with zero attached hydrogens (tertiary/aromatic N) is 4. The normalized spacial score (nSPS) is 20.6. The van der Waals surface area contributed by atoms with Crippen molar-refractivity contribution in [2.24, 2.45) is 5.41 Å². The van der Waals surface area contributed by atoms with Crippen LogP contribution in [-0.2, 0) is 14.3 Å². The van der Waals surface area contributed by atoms with Gasteiger partial charge in [-0.3, -0.25) is 9.69 Å². The van der Waals surface area contributed by atoms with Crippen molar-refractivity contribution in [2.45, 2.75) is 39.7 Å². The van der Waals surface area contributed by atoms with E-state index in [0.717, 1.165) is 12.3 Å². The second-order valence-corrected chi connectivity index (χ2v) is 12.5. The fourth-order valence-electron chi connectivity index (χ4n) is 6.14. The van der Waals surface area contributed by atoms with E-state index in [4.69, 9.17) is 17.0 Å². The van der Waals surface area contributed by atoms with Crippen LogP contribution in [0.5, 0.6) is 0 Å². The zero-order valence-corrected chi connectivity index (χ0v) is 26.4. The van der Waals surface area contributed by atoms with Gasteiger partial charge in [-0.1, -0.05) is 12.1 Å². The number of carboxylic acids is 1. The maximum absolute atomic E-state index is 15.0. The maximum atomic E-state index is 15.0. The number of aliphatic carboxylic acids is 1. The number of halogens is 3. The van der Waals surface area contributed by atoms with E-state index in [1.807, 2.05) is 4.90 Å². The summed E-state index contributed by atoms with van der Waals surface area (Å²) in [4.78, 5) is 35.5. The van der Waals surface area contributed by atoms with Crippen molar-refractivity contribution in [3.8, 4) is 0 Å². The van der Waals surface area contributed by atoms with Crippen LogP contribution >= 0.6 is 12.2 Å². The predicted molar refractivity (Wildman–Crippen MR) is 165 cm³/mol. The number of ether oxygens (including phenoxy) is 1. The summed E-state index contributed by atoms with van der Waals surface area (Å²) in [5.41, 5.74) is 0.602. The van der Waals surface area contributed by atoms with Crippen molar-refractivity contribution in [2.75, 3.05) is 45.9 Å². The predicted octanol–water partition coefficient (Wildman–Crippen LogP) is 4.05. The van der Waals surface area contributed by atoms with Crippen LogP contribution < -0.4 is 5.32 Å². The van der Waals surface area contributed by atoms with Crippen LogP contribution in [0, 0.1) is 29.8 Å². The fourth-order valence-corrected chi connectivity index (χ4v) is 6.52. The van der Waals surface area contributed by atoms with E-state index < -0.39 is 40.7 Å². The molecule has 3 aliphatic rings. The molecule has 13 heteroatoms. The van der Waals surface area contributed by atoms with Gasteiger partial charge in [-0.2, -0.15) is 0 Å². The number of carboxylic acid groups (broad SMARTS) is 1. The molecule has 0 saturated carbocycles. The van der Waals surface area contributed by atoms with E-state index in [0.29, 0.717) is 48.1 Å². The summed E-state index contributed by atoms with van der Waals surface area (Å²) in [5, 5.41) is 13.4. The number of dihydropyridines is 1. The molecular weight excluding hydrogens is 607 g/mol. The third-order valence-electron chi connectivity index (χ3n) is 8.52. The first-order valence-corrected chi connectivity index (χ1v) is 15.2. The van der Waals surface area contributed by atoms with Crippen molar-refractivity contribution in [1.82, 2.24) is 25.0 Å².